The van der Waals surface area contributed by atoms with Crippen LogP contribution in [0.25, 0.3) is 0 Å². The number of hydrogen-bond acceptors (Lipinski definition) is 2. The van der Waals surface area contributed by atoms with Crippen LogP contribution in [-0.4, -0.2) is 13.2 Å². The lowest BCUT2D eigenvalue weighted by atomic mass is 9.93. The number of ether oxygens (including phenoxy) is 1. The van der Waals surface area contributed by atoms with Crippen molar-refractivity contribution in [2.75, 3.05) is 7.11 Å². The maximum atomic E-state index is 14.0. The second-order valence-corrected chi connectivity index (χ2v) is 4.57. The second-order valence-electron chi connectivity index (χ2n) is 4.57. The van der Waals surface area contributed by atoms with Gasteiger partial charge in [0.1, 0.15) is 5.82 Å². The summed E-state index contributed by atoms with van der Waals surface area (Å²) in [7, 11) is 1.63. The molecule has 1 rings (SSSR count). The molecule has 0 aromatic heterocycles. The minimum atomic E-state index is -0.402. The first-order chi connectivity index (χ1) is 8.01. The highest BCUT2D eigenvalue weighted by molar-refractivity contribution is 5.34. The third kappa shape index (κ3) is 3.27. The highest BCUT2D eigenvalue weighted by atomic mass is 19.1. The molecule has 0 aliphatic rings. The molecule has 0 amide bonds. The molecule has 0 aliphatic carbocycles. The number of rotatable bonds is 5. The van der Waals surface area contributed by atoms with Crippen LogP contribution >= 0.6 is 0 Å². The molecule has 0 heterocycles. The molecule has 0 aliphatic heterocycles. The molecule has 0 fully saturated rings. The molecule has 17 heavy (non-hydrogen) atoms. The number of benzene rings is 1. The zero-order valence-corrected chi connectivity index (χ0v) is 11.1. The summed E-state index contributed by atoms with van der Waals surface area (Å²) in [6, 6.07) is 3.08. The van der Waals surface area contributed by atoms with Gasteiger partial charge in [-0.15, -0.1) is 0 Å². The van der Waals surface area contributed by atoms with Crippen molar-refractivity contribution >= 4 is 0 Å². The Kier molecular flexibility index (Phi) is 5.09. The summed E-state index contributed by atoms with van der Waals surface area (Å²) >= 11 is 0. The highest BCUT2D eigenvalue weighted by Gasteiger charge is 2.23. The zero-order valence-electron chi connectivity index (χ0n) is 11.1. The van der Waals surface area contributed by atoms with Gasteiger partial charge in [0.15, 0.2) is 0 Å². The summed E-state index contributed by atoms with van der Waals surface area (Å²) < 4.78 is 19.3. The minimum absolute atomic E-state index is 0.129. The molecule has 0 spiro atoms. The van der Waals surface area contributed by atoms with Crippen LogP contribution in [0.4, 0.5) is 4.39 Å². The van der Waals surface area contributed by atoms with E-state index < -0.39 is 6.04 Å². The van der Waals surface area contributed by atoms with Crippen molar-refractivity contribution in [2.24, 2.45) is 5.73 Å². The van der Waals surface area contributed by atoms with Gasteiger partial charge in [-0.3, -0.25) is 0 Å². The summed E-state index contributed by atoms with van der Waals surface area (Å²) in [6.45, 7) is 5.84. The number of methoxy groups -OCH3 is 1. The Morgan fingerprint density at radius 3 is 2.47 bits per heavy atom. The van der Waals surface area contributed by atoms with Crippen molar-refractivity contribution in [1.82, 2.24) is 0 Å². The first-order valence-electron chi connectivity index (χ1n) is 6.06. The van der Waals surface area contributed by atoms with E-state index in [1.807, 2.05) is 19.9 Å². The molecular formula is C14H22FNO. The quantitative estimate of drug-likeness (QED) is 0.856. The summed E-state index contributed by atoms with van der Waals surface area (Å²) in [5, 5.41) is 0. The third-order valence-electron chi connectivity index (χ3n) is 3.09. The van der Waals surface area contributed by atoms with Crippen LogP contribution < -0.4 is 5.73 Å². The molecule has 1 aromatic carbocycles. The standard InChI is InChI=1S/C14H22FNO/c1-5-6-12(17-4)14(16)13-10(3)7-9(2)8-11(13)15/h7-8,12,14H,5-6,16H2,1-4H3. The van der Waals surface area contributed by atoms with Crippen LogP contribution in [0, 0.1) is 19.7 Å². The fraction of sp³-hybridized carbons (Fsp3) is 0.571. The largest absolute Gasteiger partial charge is 0.379 e. The smallest absolute Gasteiger partial charge is 0.128 e. The minimum Gasteiger partial charge on any atom is -0.379 e. The van der Waals surface area contributed by atoms with Gasteiger partial charge in [-0.1, -0.05) is 19.4 Å². The summed E-state index contributed by atoms with van der Waals surface area (Å²) in [6.07, 6.45) is 1.68. The van der Waals surface area contributed by atoms with Gasteiger partial charge in [-0.2, -0.15) is 0 Å². The normalized spacial score (nSPS) is 14.7. The lowest BCUT2D eigenvalue weighted by Gasteiger charge is -2.24. The van der Waals surface area contributed by atoms with Crippen LogP contribution in [0.15, 0.2) is 12.1 Å². The molecule has 2 N–H and O–H groups in total. The van der Waals surface area contributed by atoms with Gasteiger partial charge < -0.3 is 10.5 Å². The summed E-state index contributed by atoms with van der Waals surface area (Å²) in [5.41, 5.74) is 8.52. The maximum absolute atomic E-state index is 14.0. The van der Waals surface area contributed by atoms with E-state index >= 15 is 0 Å². The van der Waals surface area contributed by atoms with Crippen LogP contribution in [-0.2, 0) is 4.74 Å². The number of halogens is 1. The lowest BCUT2D eigenvalue weighted by Crippen LogP contribution is -2.29. The first-order valence-corrected chi connectivity index (χ1v) is 6.06. The molecule has 3 heteroatoms. The predicted molar refractivity (Wildman–Crippen MR) is 68.5 cm³/mol. The predicted octanol–water partition coefficient (Wildman–Crippen LogP) is 3.26. The Bertz CT molecular complexity index is 355. The van der Waals surface area contributed by atoms with E-state index in [2.05, 4.69) is 6.92 Å². The van der Waals surface area contributed by atoms with Crippen molar-refractivity contribution in [3.05, 3.63) is 34.6 Å². The Balaban J connectivity index is 3.06. The van der Waals surface area contributed by atoms with Crippen molar-refractivity contribution < 1.29 is 9.13 Å². The zero-order chi connectivity index (χ0) is 13.0. The van der Waals surface area contributed by atoms with Gasteiger partial charge in [-0.05, 0) is 37.5 Å². The lowest BCUT2D eigenvalue weighted by molar-refractivity contribution is 0.0713. The third-order valence-corrected chi connectivity index (χ3v) is 3.09. The van der Waals surface area contributed by atoms with Crippen molar-refractivity contribution in [3.8, 4) is 0 Å². The first kappa shape index (κ1) is 14.1. The van der Waals surface area contributed by atoms with Gasteiger partial charge in [-0.25, -0.2) is 4.39 Å². The van der Waals surface area contributed by atoms with Gasteiger partial charge in [0, 0.05) is 12.7 Å². The molecule has 2 unspecified atom stereocenters. The van der Waals surface area contributed by atoms with Crippen molar-refractivity contribution in [1.29, 1.82) is 0 Å². The van der Waals surface area contributed by atoms with Crippen LogP contribution in [0.3, 0.4) is 0 Å². The average Bonchev–Trinajstić information content (AvgIpc) is 2.24. The Morgan fingerprint density at radius 2 is 2.00 bits per heavy atom. The molecule has 1 aromatic rings. The maximum Gasteiger partial charge on any atom is 0.128 e. The van der Waals surface area contributed by atoms with Crippen LogP contribution in [0.5, 0.6) is 0 Å². The van der Waals surface area contributed by atoms with Crippen LogP contribution in [0.1, 0.15) is 42.5 Å². The van der Waals surface area contributed by atoms with E-state index in [9.17, 15) is 4.39 Å². The summed E-state index contributed by atoms with van der Waals surface area (Å²) in [4.78, 5) is 0. The molecule has 0 saturated carbocycles. The van der Waals surface area contributed by atoms with E-state index in [1.165, 1.54) is 6.07 Å². The molecule has 0 bridgehead atoms. The topological polar surface area (TPSA) is 35.2 Å². The Labute approximate surface area is 103 Å². The SMILES string of the molecule is CCCC(OC)C(N)c1c(C)cc(C)cc1F. The molecule has 0 saturated heterocycles. The van der Waals surface area contributed by atoms with Gasteiger partial charge >= 0.3 is 0 Å². The number of aryl methyl sites for hydroxylation is 2. The van der Waals surface area contributed by atoms with E-state index in [0.29, 0.717) is 5.56 Å². The average molecular weight is 239 g/mol. The van der Waals surface area contributed by atoms with Crippen LogP contribution in [0.2, 0.25) is 0 Å². The molecule has 2 nitrogen and oxygen atoms in total. The fourth-order valence-corrected chi connectivity index (χ4v) is 2.26. The second kappa shape index (κ2) is 6.12. The molecule has 96 valence electrons. The monoisotopic (exact) mass is 239 g/mol. The fourth-order valence-electron chi connectivity index (χ4n) is 2.26. The van der Waals surface area contributed by atoms with Crippen molar-refractivity contribution in [3.63, 3.8) is 0 Å². The van der Waals surface area contributed by atoms with E-state index in [-0.39, 0.29) is 11.9 Å². The molecule has 0 radical (unpaired) electrons. The van der Waals surface area contributed by atoms with Gasteiger partial charge in [0.05, 0.1) is 12.1 Å². The number of hydrogen-bond donors (Lipinski definition) is 1. The number of nitrogens with two attached hydrogens (primary N) is 1. The Hall–Kier alpha value is -0.930. The molecular weight excluding hydrogens is 217 g/mol. The van der Waals surface area contributed by atoms with E-state index in [1.54, 1.807) is 7.11 Å². The van der Waals surface area contributed by atoms with E-state index in [0.717, 1.165) is 24.0 Å². The highest BCUT2D eigenvalue weighted by Crippen LogP contribution is 2.26. The van der Waals surface area contributed by atoms with Gasteiger partial charge in [0.2, 0.25) is 0 Å². The van der Waals surface area contributed by atoms with E-state index in [4.69, 9.17) is 10.5 Å². The van der Waals surface area contributed by atoms with Crippen molar-refractivity contribution in [2.45, 2.75) is 45.8 Å². The summed E-state index contributed by atoms with van der Waals surface area (Å²) in [5.74, 6) is -0.229. The van der Waals surface area contributed by atoms with Gasteiger partial charge in [0.25, 0.3) is 0 Å². The Morgan fingerprint density at radius 1 is 1.35 bits per heavy atom. The molecule has 2 atom stereocenters.